The van der Waals surface area contributed by atoms with Gasteiger partial charge in [-0.2, -0.15) is 0 Å². The Labute approximate surface area is 115 Å². The van der Waals surface area contributed by atoms with Crippen LogP contribution in [0.2, 0.25) is 0 Å². The highest BCUT2D eigenvalue weighted by Crippen LogP contribution is 2.25. The monoisotopic (exact) mass is 299 g/mol. The van der Waals surface area contributed by atoms with Gasteiger partial charge >= 0.3 is 0 Å². The van der Waals surface area contributed by atoms with Crippen LogP contribution in [-0.4, -0.2) is 7.05 Å². The molecule has 2 heteroatoms. The van der Waals surface area contributed by atoms with E-state index in [-0.39, 0.29) is 0 Å². The van der Waals surface area contributed by atoms with Crippen LogP contribution in [0.25, 0.3) is 0 Å². The van der Waals surface area contributed by atoms with Crippen LogP contribution in [0.15, 0.2) is 28.7 Å². The molecule has 0 radical (unpaired) electrons. The van der Waals surface area contributed by atoms with Gasteiger partial charge in [-0.05, 0) is 31.0 Å². The van der Waals surface area contributed by atoms with Crippen LogP contribution in [-0.2, 0) is 0 Å². The Balaban J connectivity index is 0.000000557. The number of halogens is 1. The predicted octanol–water partition coefficient (Wildman–Crippen LogP) is 5.17. The van der Waals surface area contributed by atoms with Gasteiger partial charge in [0.1, 0.15) is 0 Å². The lowest BCUT2D eigenvalue weighted by atomic mass is 10.0. The summed E-state index contributed by atoms with van der Waals surface area (Å²) in [6.45, 7) is 8.71. The van der Waals surface area contributed by atoms with Gasteiger partial charge in [-0.15, -0.1) is 0 Å². The molecule has 0 bridgehead atoms. The second kappa shape index (κ2) is 9.67. The molecule has 1 unspecified atom stereocenters. The van der Waals surface area contributed by atoms with E-state index in [4.69, 9.17) is 0 Å². The summed E-state index contributed by atoms with van der Waals surface area (Å²) in [6, 6.07) is 8.86. The van der Waals surface area contributed by atoms with Gasteiger partial charge in [0.15, 0.2) is 0 Å². The summed E-state index contributed by atoms with van der Waals surface area (Å²) in [7, 11) is 2.01. The molecule has 1 rings (SSSR count). The maximum Gasteiger partial charge on any atom is 0.0328 e. The Morgan fingerprint density at radius 1 is 1.18 bits per heavy atom. The van der Waals surface area contributed by atoms with Crippen molar-refractivity contribution in [2.45, 2.75) is 46.6 Å². The molecule has 0 spiro atoms. The number of nitrogens with one attached hydrogen (secondary N) is 1. The molecule has 17 heavy (non-hydrogen) atoms. The zero-order valence-electron chi connectivity index (χ0n) is 11.8. The van der Waals surface area contributed by atoms with E-state index >= 15 is 0 Å². The molecule has 0 aromatic heterocycles. The van der Waals surface area contributed by atoms with Gasteiger partial charge in [0.25, 0.3) is 0 Å². The van der Waals surface area contributed by atoms with Crippen LogP contribution in [0.5, 0.6) is 0 Å². The first-order valence-corrected chi connectivity index (χ1v) is 7.23. The summed E-state index contributed by atoms with van der Waals surface area (Å²) in [5.74, 6) is 0.833. The van der Waals surface area contributed by atoms with Gasteiger partial charge in [-0.3, -0.25) is 0 Å². The Morgan fingerprint density at radius 2 is 1.71 bits per heavy atom. The van der Waals surface area contributed by atoms with Crippen molar-refractivity contribution in [1.29, 1.82) is 0 Å². The van der Waals surface area contributed by atoms with Gasteiger partial charge in [0, 0.05) is 10.5 Å². The molecule has 0 heterocycles. The Kier molecular flexibility index (Phi) is 9.47. The standard InChI is InChI=1S/C11H16BrN.C4H10/c1-3-6-11(13-2)9-7-4-5-8-10(9)12;1-4(2)3/h4-5,7-8,11,13H,3,6H2,1-2H3;4H,1-3H3. The van der Waals surface area contributed by atoms with Crippen molar-refractivity contribution in [2.24, 2.45) is 5.92 Å². The topological polar surface area (TPSA) is 12.0 Å². The predicted molar refractivity (Wildman–Crippen MR) is 81.4 cm³/mol. The molecule has 1 atom stereocenters. The van der Waals surface area contributed by atoms with Crippen LogP contribution >= 0.6 is 15.9 Å². The molecule has 1 N–H and O–H groups in total. The number of benzene rings is 1. The van der Waals surface area contributed by atoms with Crippen LogP contribution in [0.3, 0.4) is 0 Å². The second-order valence-electron chi connectivity index (χ2n) is 4.88. The lowest BCUT2D eigenvalue weighted by Gasteiger charge is -2.16. The average Bonchev–Trinajstić information content (AvgIpc) is 2.26. The molecule has 0 aliphatic carbocycles. The molecule has 1 aromatic rings. The van der Waals surface area contributed by atoms with Crippen molar-refractivity contribution in [1.82, 2.24) is 5.32 Å². The van der Waals surface area contributed by atoms with Crippen LogP contribution in [0.1, 0.15) is 52.1 Å². The summed E-state index contributed by atoms with van der Waals surface area (Å²) < 4.78 is 1.20. The highest BCUT2D eigenvalue weighted by molar-refractivity contribution is 9.10. The summed E-state index contributed by atoms with van der Waals surface area (Å²) in [5, 5.41) is 3.33. The van der Waals surface area contributed by atoms with Crippen molar-refractivity contribution in [3.05, 3.63) is 34.3 Å². The first kappa shape index (κ1) is 16.7. The van der Waals surface area contributed by atoms with Gasteiger partial charge < -0.3 is 5.32 Å². The molecule has 1 nitrogen and oxygen atoms in total. The fourth-order valence-electron chi connectivity index (χ4n) is 1.50. The van der Waals surface area contributed by atoms with Crippen molar-refractivity contribution in [3.63, 3.8) is 0 Å². The molecular weight excluding hydrogens is 274 g/mol. The lowest BCUT2D eigenvalue weighted by molar-refractivity contribution is 0.540. The fourth-order valence-corrected chi connectivity index (χ4v) is 2.06. The van der Waals surface area contributed by atoms with E-state index < -0.39 is 0 Å². The third-order valence-corrected chi connectivity index (χ3v) is 2.93. The minimum absolute atomic E-state index is 0.473. The SMILES string of the molecule is CC(C)C.CCCC(NC)c1ccccc1Br. The number of rotatable bonds is 4. The zero-order chi connectivity index (χ0) is 13.3. The van der Waals surface area contributed by atoms with Gasteiger partial charge in [0.05, 0.1) is 0 Å². The van der Waals surface area contributed by atoms with Crippen molar-refractivity contribution in [3.8, 4) is 0 Å². The highest BCUT2D eigenvalue weighted by Gasteiger charge is 2.09. The average molecular weight is 300 g/mol. The van der Waals surface area contributed by atoms with E-state index in [1.54, 1.807) is 0 Å². The Morgan fingerprint density at radius 3 is 2.12 bits per heavy atom. The van der Waals surface area contributed by atoms with E-state index in [1.165, 1.54) is 22.9 Å². The zero-order valence-corrected chi connectivity index (χ0v) is 13.3. The summed E-state index contributed by atoms with van der Waals surface area (Å²) in [6.07, 6.45) is 2.38. The molecule has 0 saturated heterocycles. The quantitative estimate of drug-likeness (QED) is 0.808. The molecule has 1 aromatic carbocycles. The van der Waals surface area contributed by atoms with E-state index in [0.717, 1.165) is 5.92 Å². The molecule has 0 amide bonds. The van der Waals surface area contributed by atoms with E-state index in [1.807, 2.05) is 13.1 Å². The van der Waals surface area contributed by atoms with Gasteiger partial charge in [-0.1, -0.05) is 68.2 Å². The molecular formula is C15H26BrN. The van der Waals surface area contributed by atoms with Gasteiger partial charge in [-0.25, -0.2) is 0 Å². The Hall–Kier alpha value is -0.340. The minimum atomic E-state index is 0.473. The van der Waals surface area contributed by atoms with Gasteiger partial charge in [0.2, 0.25) is 0 Å². The minimum Gasteiger partial charge on any atom is -0.313 e. The maximum atomic E-state index is 3.57. The first-order chi connectivity index (χ1) is 8.02. The lowest BCUT2D eigenvalue weighted by Crippen LogP contribution is -2.16. The summed E-state index contributed by atoms with van der Waals surface area (Å²) >= 11 is 3.57. The van der Waals surface area contributed by atoms with Crippen LogP contribution in [0.4, 0.5) is 0 Å². The normalized spacial score (nSPS) is 11.9. The molecule has 0 aliphatic rings. The summed E-state index contributed by atoms with van der Waals surface area (Å²) in [4.78, 5) is 0. The van der Waals surface area contributed by atoms with Crippen LogP contribution in [0, 0.1) is 5.92 Å². The fraction of sp³-hybridized carbons (Fsp3) is 0.600. The van der Waals surface area contributed by atoms with E-state index in [9.17, 15) is 0 Å². The van der Waals surface area contributed by atoms with Crippen LogP contribution < -0.4 is 5.32 Å². The maximum absolute atomic E-state index is 3.57. The molecule has 0 saturated carbocycles. The third-order valence-electron chi connectivity index (χ3n) is 2.21. The molecule has 0 fully saturated rings. The molecule has 0 aliphatic heterocycles. The Bertz CT molecular complexity index is 294. The molecule has 98 valence electrons. The largest absolute Gasteiger partial charge is 0.313 e. The van der Waals surface area contributed by atoms with Crippen molar-refractivity contribution >= 4 is 15.9 Å². The van der Waals surface area contributed by atoms with Crippen molar-refractivity contribution in [2.75, 3.05) is 7.05 Å². The number of hydrogen-bond acceptors (Lipinski definition) is 1. The van der Waals surface area contributed by atoms with E-state index in [0.29, 0.717) is 6.04 Å². The van der Waals surface area contributed by atoms with E-state index in [2.05, 4.69) is 67.1 Å². The third kappa shape index (κ3) is 7.56. The second-order valence-corrected chi connectivity index (χ2v) is 5.74. The van der Waals surface area contributed by atoms with Crippen molar-refractivity contribution < 1.29 is 0 Å². The highest BCUT2D eigenvalue weighted by atomic mass is 79.9. The smallest absolute Gasteiger partial charge is 0.0328 e. The number of hydrogen-bond donors (Lipinski definition) is 1. The summed E-state index contributed by atoms with van der Waals surface area (Å²) in [5.41, 5.74) is 1.35. The first-order valence-electron chi connectivity index (χ1n) is 6.44.